The van der Waals surface area contributed by atoms with Crippen LogP contribution in [0.1, 0.15) is 11.1 Å². The molecule has 0 aliphatic carbocycles. The summed E-state index contributed by atoms with van der Waals surface area (Å²) in [6.45, 7) is -0.403. The van der Waals surface area contributed by atoms with Crippen LogP contribution in [0.5, 0.6) is 5.75 Å². The van der Waals surface area contributed by atoms with Crippen molar-refractivity contribution in [2.24, 2.45) is 0 Å². The van der Waals surface area contributed by atoms with E-state index in [9.17, 15) is 4.79 Å². The largest absolute Gasteiger partial charge is 0.482 e. The van der Waals surface area contributed by atoms with Crippen molar-refractivity contribution in [2.45, 2.75) is 6.42 Å². The maximum atomic E-state index is 11.0. The predicted octanol–water partition coefficient (Wildman–Crippen LogP) is 6.87. The lowest BCUT2D eigenvalue weighted by Gasteiger charge is -2.15. The van der Waals surface area contributed by atoms with Gasteiger partial charge in [-0.05, 0) is 45.7 Å². The Kier molecular flexibility index (Phi) is 5.93. The van der Waals surface area contributed by atoms with Gasteiger partial charge < -0.3 is 9.84 Å². The van der Waals surface area contributed by atoms with Gasteiger partial charge in [0.1, 0.15) is 5.75 Å². The molecule has 0 heterocycles. The summed E-state index contributed by atoms with van der Waals surface area (Å²) in [7, 11) is 0. The van der Waals surface area contributed by atoms with E-state index in [-0.39, 0.29) is 0 Å². The van der Waals surface area contributed by atoms with Crippen molar-refractivity contribution in [2.75, 3.05) is 6.61 Å². The highest BCUT2D eigenvalue weighted by molar-refractivity contribution is 6.43. The summed E-state index contributed by atoms with van der Waals surface area (Å²) < 4.78 is 5.57. The molecule has 0 saturated carbocycles. The SMILES string of the molecule is O=C(O)COc1ccc(-c2cccc(Cl)c2Cl)cc1Cc1cccc2ccccc12. The van der Waals surface area contributed by atoms with Gasteiger partial charge in [0.25, 0.3) is 0 Å². The number of rotatable bonds is 6. The molecular weight excluding hydrogens is 419 g/mol. The lowest BCUT2D eigenvalue weighted by Crippen LogP contribution is -2.10. The summed E-state index contributed by atoms with van der Waals surface area (Å²) in [6.07, 6.45) is 0.586. The van der Waals surface area contributed by atoms with E-state index < -0.39 is 12.6 Å². The summed E-state index contributed by atoms with van der Waals surface area (Å²) in [5, 5.41) is 12.3. The smallest absolute Gasteiger partial charge is 0.341 e. The van der Waals surface area contributed by atoms with Crippen molar-refractivity contribution in [1.29, 1.82) is 0 Å². The molecule has 30 heavy (non-hydrogen) atoms. The minimum atomic E-state index is -1.02. The van der Waals surface area contributed by atoms with Crippen molar-refractivity contribution in [3.63, 3.8) is 0 Å². The van der Waals surface area contributed by atoms with E-state index in [1.54, 1.807) is 12.1 Å². The van der Waals surface area contributed by atoms with Gasteiger partial charge in [-0.2, -0.15) is 0 Å². The fraction of sp³-hybridized carbons (Fsp3) is 0.0800. The van der Waals surface area contributed by atoms with Gasteiger partial charge in [0.05, 0.1) is 10.0 Å². The van der Waals surface area contributed by atoms with E-state index in [0.717, 1.165) is 33.0 Å². The molecule has 0 amide bonds. The van der Waals surface area contributed by atoms with Gasteiger partial charge in [-0.25, -0.2) is 4.79 Å². The van der Waals surface area contributed by atoms with E-state index in [2.05, 4.69) is 24.3 Å². The topological polar surface area (TPSA) is 46.5 Å². The third-order valence-electron chi connectivity index (χ3n) is 4.94. The molecule has 4 aromatic rings. The molecule has 0 atom stereocenters. The van der Waals surface area contributed by atoms with Gasteiger partial charge in [0.15, 0.2) is 6.61 Å². The van der Waals surface area contributed by atoms with Crippen LogP contribution in [-0.4, -0.2) is 17.7 Å². The molecule has 0 fully saturated rings. The highest BCUT2D eigenvalue weighted by atomic mass is 35.5. The van der Waals surface area contributed by atoms with Crippen molar-refractivity contribution < 1.29 is 14.6 Å². The number of halogens is 2. The van der Waals surface area contributed by atoms with Crippen LogP contribution in [0.4, 0.5) is 0 Å². The molecule has 0 bridgehead atoms. The zero-order chi connectivity index (χ0) is 21.1. The molecule has 0 saturated heterocycles. The second-order valence-corrected chi connectivity index (χ2v) is 7.71. The van der Waals surface area contributed by atoms with Crippen LogP contribution < -0.4 is 4.74 Å². The predicted molar refractivity (Wildman–Crippen MR) is 122 cm³/mol. The number of hydrogen-bond donors (Lipinski definition) is 1. The summed E-state index contributed by atoms with van der Waals surface area (Å²) in [5.74, 6) is -0.486. The number of carbonyl (C=O) groups is 1. The fourth-order valence-electron chi connectivity index (χ4n) is 3.54. The van der Waals surface area contributed by atoms with Crippen molar-refractivity contribution in [3.05, 3.63) is 100 Å². The van der Waals surface area contributed by atoms with Gasteiger partial charge >= 0.3 is 5.97 Å². The minimum absolute atomic E-state index is 0.403. The average molecular weight is 437 g/mol. The van der Waals surface area contributed by atoms with Gasteiger partial charge in [0.2, 0.25) is 0 Å². The number of fused-ring (bicyclic) bond motifs is 1. The fourth-order valence-corrected chi connectivity index (χ4v) is 3.95. The first-order valence-electron chi connectivity index (χ1n) is 9.41. The van der Waals surface area contributed by atoms with Crippen LogP contribution in [0, 0.1) is 0 Å². The molecule has 0 spiro atoms. The number of aliphatic carboxylic acids is 1. The summed E-state index contributed by atoms with van der Waals surface area (Å²) in [5.41, 5.74) is 3.71. The Balaban J connectivity index is 1.80. The van der Waals surface area contributed by atoms with Gasteiger partial charge in [-0.3, -0.25) is 0 Å². The molecule has 0 unspecified atom stereocenters. The molecule has 1 N–H and O–H groups in total. The van der Waals surface area contributed by atoms with E-state index in [4.69, 9.17) is 33.0 Å². The van der Waals surface area contributed by atoms with E-state index >= 15 is 0 Å². The Bertz CT molecular complexity index is 1230. The van der Waals surface area contributed by atoms with Gasteiger partial charge in [-0.15, -0.1) is 0 Å². The first kappa shape index (κ1) is 20.3. The maximum absolute atomic E-state index is 11.0. The molecule has 0 aliphatic heterocycles. The number of carboxylic acid groups (broad SMARTS) is 1. The van der Waals surface area contributed by atoms with Crippen LogP contribution in [0.3, 0.4) is 0 Å². The molecule has 0 aromatic heterocycles. The number of carboxylic acids is 1. The number of hydrogen-bond acceptors (Lipinski definition) is 2. The Hall–Kier alpha value is -3.01. The third kappa shape index (κ3) is 4.28. The second-order valence-electron chi connectivity index (χ2n) is 6.92. The third-order valence-corrected chi connectivity index (χ3v) is 5.75. The monoisotopic (exact) mass is 436 g/mol. The Morgan fingerprint density at radius 3 is 2.47 bits per heavy atom. The van der Waals surface area contributed by atoms with E-state index in [1.807, 2.05) is 42.5 Å². The zero-order valence-corrected chi connectivity index (χ0v) is 17.5. The van der Waals surface area contributed by atoms with E-state index in [1.165, 1.54) is 0 Å². The zero-order valence-electron chi connectivity index (χ0n) is 15.9. The molecule has 3 nitrogen and oxygen atoms in total. The second kappa shape index (κ2) is 8.78. The van der Waals surface area contributed by atoms with Crippen molar-refractivity contribution in [1.82, 2.24) is 0 Å². The lowest BCUT2D eigenvalue weighted by atomic mass is 9.95. The van der Waals surface area contributed by atoms with Crippen molar-refractivity contribution >= 4 is 39.9 Å². The lowest BCUT2D eigenvalue weighted by molar-refractivity contribution is -0.139. The van der Waals surface area contributed by atoms with Crippen LogP contribution in [0.2, 0.25) is 10.0 Å². The Labute approximate surface area is 184 Å². The van der Waals surface area contributed by atoms with Gasteiger partial charge in [0, 0.05) is 12.0 Å². The standard InChI is InChI=1S/C25H18Cl2O3/c26-22-10-4-9-21(25(22)27)18-11-12-23(30-15-24(28)29)19(14-18)13-17-7-3-6-16-5-1-2-8-20(16)17/h1-12,14H,13,15H2,(H,28,29). The molecule has 4 rings (SSSR count). The molecule has 150 valence electrons. The maximum Gasteiger partial charge on any atom is 0.341 e. The molecule has 0 radical (unpaired) electrons. The highest BCUT2D eigenvalue weighted by Crippen LogP contribution is 2.36. The summed E-state index contributed by atoms with van der Waals surface area (Å²) in [4.78, 5) is 11.0. The normalized spacial score (nSPS) is 10.9. The van der Waals surface area contributed by atoms with Crippen LogP contribution in [0.15, 0.2) is 78.9 Å². The summed E-state index contributed by atoms with van der Waals surface area (Å²) >= 11 is 12.6. The first-order chi connectivity index (χ1) is 14.5. The Morgan fingerprint density at radius 2 is 1.63 bits per heavy atom. The van der Waals surface area contributed by atoms with Gasteiger partial charge in [-0.1, -0.05) is 83.9 Å². The Morgan fingerprint density at radius 1 is 0.867 bits per heavy atom. The van der Waals surface area contributed by atoms with Crippen LogP contribution >= 0.6 is 23.2 Å². The number of benzene rings is 4. The molecule has 4 aromatic carbocycles. The van der Waals surface area contributed by atoms with E-state index in [0.29, 0.717) is 22.2 Å². The first-order valence-corrected chi connectivity index (χ1v) is 10.2. The van der Waals surface area contributed by atoms with Crippen LogP contribution in [0.25, 0.3) is 21.9 Å². The average Bonchev–Trinajstić information content (AvgIpc) is 2.75. The highest BCUT2D eigenvalue weighted by Gasteiger charge is 2.13. The van der Waals surface area contributed by atoms with Crippen LogP contribution in [-0.2, 0) is 11.2 Å². The number of ether oxygens (including phenoxy) is 1. The molecular formula is C25H18Cl2O3. The summed E-state index contributed by atoms with van der Waals surface area (Å²) in [6, 6.07) is 25.5. The quantitative estimate of drug-likeness (QED) is 0.358. The molecule has 5 heteroatoms. The van der Waals surface area contributed by atoms with Crippen molar-refractivity contribution in [3.8, 4) is 16.9 Å². The minimum Gasteiger partial charge on any atom is -0.482 e. The molecule has 0 aliphatic rings.